The number of benzene rings is 2. The van der Waals surface area contributed by atoms with Gasteiger partial charge in [-0.1, -0.05) is 42.5 Å². The zero-order valence-corrected chi connectivity index (χ0v) is 14.8. The van der Waals surface area contributed by atoms with E-state index in [2.05, 4.69) is 25.9 Å². The Morgan fingerprint density at radius 2 is 1.89 bits per heavy atom. The number of hydrogen-bond acceptors (Lipinski definition) is 6. The Balaban J connectivity index is 1.37. The molecule has 8 heteroatoms. The molecule has 0 aliphatic carbocycles. The smallest absolute Gasteiger partial charge is 0.271 e. The highest BCUT2D eigenvalue weighted by atomic mass is 16.3. The third-order valence-corrected chi connectivity index (χ3v) is 3.93. The zero-order chi connectivity index (χ0) is 19.2. The highest BCUT2D eigenvalue weighted by Crippen LogP contribution is 2.12. The molecule has 0 bridgehead atoms. The second kappa shape index (κ2) is 8.09. The molecule has 138 valence electrons. The monoisotopic (exact) mass is 372 g/mol. The summed E-state index contributed by atoms with van der Waals surface area (Å²) in [5, 5.41) is 16.4. The van der Waals surface area contributed by atoms with Crippen LogP contribution in [0.25, 0.3) is 11.4 Å². The first kappa shape index (κ1) is 17.3. The van der Waals surface area contributed by atoms with Gasteiger partial charge in [0.25, 0.3) is 5.91 Å². The SMILES string of the molecule is O=C(N/N=C\c1ccco1)c1ccc(Cn2nnc(-c3ccccc3)n2)cc1. The molecule has 0 saturated carbocycles. The Labute approximate surface area is 160 Å². The molecular weight excluding hydrogens is 356 g/mol. The van der Waals surface area contributed by atoms with Crippen molar-refractivity contribution in [3.63, 3.8) is 0 Å². The lowest BCUT2D eigenvalue weighted by Crippen LogP contribution is -2.17. The molecule has 4 rings (SSSR count). The number of nitrogens with zero attached hydrogens (tertiary/aromatic N) is 5. The summed E-state index contributed by atoms with van der Waals surface area (Å²) in [5.74, 6) is 0.830. The van der Waals surface area contributed by atoms with Crippen LogP contribution in [0.1, 0.15) is 21.7 Å². The fraction of sp³-hybridized carbons (Fsp3) is 0.0500. The highest BCUT2D eigenvalue weighted by molar-refractivity contribution is 5.94. The van der Waals surface area contributed by atoms with Crippen molar-refractivity contribution >= 4 is 12.1 Å². The van der Waals surface area contributed by atoms with E-state index in [0.29, 0.717) is 23.7 Å². The average molecular weight is 372 g/mol. The molecule has 2 aromatic heterocycles. The van der Waals surface area contributed by atoms with E-state index in [1.54, 1.807) is 24.3 Å². The molecule has 4 aromatic rings. The van der Waals surface area contributed by atoms with Gasteiger partial charge in [0.15, 0.2) is 0 Å². The van der Waals surface area contributed by atoms with Gasteiger partial charge in [-0.15, -0.1) is 10.2 Å². The molecule has 1 amide bonds. The van der Waals surface area contributed by atoms with E-state index in [9.17, 15) is 4.79 Å². The molecule has 0 radical (unpaired) electrons. The lowest BCUT2D eigenvalue weighted by molar-refractivity contribution is 0.0955. The van der Waals surface area contributed by atoms with Gasteiger partial charge in [0.1, 0.15) is 5.76 Å². The van der Waals surface area contributed by atoms with Crippen molar-refractivity contribution in [2.75, 3.05) is 0 Å². The summed E-state index contributed by atoms with van der Waals surface area (Å²) in [6.45, 7) is 0.457. The molecule has 2 heterocycles. The Kier molecular flexibility index (Phi) is 5.01. The minimum Gasteiger partial charge on any atom is -0.463 e. The van der Waals surface area contributed by atoms with Gasteiger partial charge in [-0.2, -0.15) is 9.90 Å². The first-order valence-electron chi connectivity index (χ1n) is 8.57. The molecule has 0 unspecified atom stereocenters. The van der Waals surface area contributed by atoms with Crippen LogP contribution < -0.4 is 5.43 Å². The largest absolute Gasteiger partial charge is 0.463 e. The maximum absolute atomic E-state index is 12.1. The quantitative estimate of drug-likeness (QED) is 0.414. The van der Waals surface area contributed by atoms with E-state index in [1.165, 1.54) is 17.3 Å². The van der Waals surface area contributed by atoms with Crippen LogP contribution in [0.5, 0.6) is 0 Å². The molecule has 0 spiro atoms. The number of tetrazole rings is 1. The van der Waals surface area contributed by atoms with Gasteiger partial charge in [-0.05, 0) is 35.0 Å². The fourth-order valence-corrected chi connectivity index (χ4v) is 2.52. The van der Waals surface area contributed by atoms with Crippen molar-refractivity contribution in [1.82, 2.24) is 25.6 Å². The van der Waals surface area contributed by atoms with Crippen molar-refractivity contribution in [3.05, 3.63) is 89.9 Å². The summed E-state index contributed by atoms with van der Waals surface area (Å²) >= 11 is 0. The number of carbonyl (C=O) groups is 1. The summed E-state index contributed by atoms with van der Waals surface area (Å²) in [7, 11) is 0. The second-order valence-electron chi connectivity index (χ2n) is 5.92. The minimum absolute atomic E-state index is 0.306. The summed E-state index contributed by atoms with van der Waals surface area (Å²) in [4.78, 5) is 13.6. The maximum Gasteiger partial charge on any atom is 0.271 e. The molecule has 1 N–H and O–H groups in total. The Morgan fingerprint density at radius 3 is 2.64 bits per heavy atom. The Hall–Kier alpha value is -4.07. The average Bonchev–Trinajstić information content (AvgIpc) is 3.41. The molecule has 8 nitrogen and oxygen atoms in total. The van der Waals surface area contributed by atoms with Crippen molar-refractivity contribution in [3.8, 4) is 11.4 Å². The van der Waals surface area contributed by atoms with Crippen LogP contribution in [-0.4, -0.2) is 32.3 Å². The molecule has 0 aliphatic heterocycles. The van der Waals surface area contributed by atoms with Gasteiger partial charge in [0.2, 0.25) is 5.82 Å². The normalized spacial score (nSPS) is 11.0. The zero-order valence-electron chi connectivity index (χ0n) is 14.8. The number of amides is 1. The number of rotatable bonds is 6. The number of nitrogens with one attached hydrogen (secondary N) is 1. The molecule has 28 heavy (non-hydrogen) atoms. The molecule has 2 aromatic carbocycles. The van der Waals surface area contributed by atoms with Crippen LogP contribution in [0.4, 0.5) is 0 Å². The number of hydrazone groups is 1. The number of furan rings is 1. The van der Waals surface area contributed by atoms with Gasteiger partial charge in [0.05, 0.1) is 19.0 Å². The van der Waals surface area contributed by atoms with Crippen LogP contribution in [0.3, 0.4) is 0 Å². The van der Waals surface area contributed by atoms with E-state index in [-0.39, 0.29) is 5.91 Å². The van der Waals surface area contributed by atoms with Crippen LogP contribution in [-0.2, 0) is 6.54 Å². The van der Waals surface area contributed by atoms with Gasteiger partial charge in [-0.3, -0.25) is 4.79 Å². The van der Waals surface area contributed by atoms with E-state index in [1.807, 2.05) is 42.5 Å². The first-order valence-corrected chi connectivity index (χ1v) is 8.57. The van der Waals surface area contributed by atoms with Crippen LogP contribution in [0.15, 0.2) is 82.5 Å². The third kappa shape index (κ3) is 4.18. The summed E-state index contributed by atoms with van der Waals surface area (Å²) in [5.41, 5.74) is 4.82. The van der Waals surface area contributed by atoms with Crippen LogP contribution in [0.2, 0.25) is 0 Å². The fourth-order valence-electron chi connectivity index (χ4n) is 2.52. The summed E-state index contributed by atoms with van der Waals surface area (Å²) < 4.78 is 5.10. The number of carbonyl (C=O) groups excluding carboxylic acids is 1. The predicted molar refractivity (Wildman–Crippen MR) is 103 cm³/mol. The van der Waals surface area contributed by atoms with Gasteiger partial charge >= 0.3 is 0 Å². The summed E-state index contributed by atoms with van der Waals surface area (Å²) in [6.07, 6.45) is 2.97. The number of aromatic nitrogens is 4. The lowest BCUT2D eigenvalue weighted by Gasteiger charge is -2.02. The Morgan fingerprint density at radius 1 is 1.07 bits per heavy atom. The first-order chi connectivity index (χ1) is 13.8. The third-order valence-electron chi connectivity index (χ3n) is 3.93. The molecule has 0 fully saturated rings. The van der Waals surface area contributed by atoms with E-state index >= 15 is 0 Å². The number of hydrogen-bond donors (Lipinski definition) is 1. The molecule has 0 saturated heterocycles. The van der Waals surface area contributed by atoms with E-state index in [4.69, 9.17) is 4.42 Å². The van der Waals surface area contributed by atoms with E-state index in [0.717, 1.165) is 11.1 Å². The standard InChI is InChI=1S/C20H16N6O2/c27-20(23-21-13-18-7-4-12-28-18)17-10-8-15(9-11-17)14-26-24-19(22-25-26)16-5-2-1-3-6-16/h1-13H,14H2,(H,23,27)/b21-13-. The van der Waals surface area contributed by atoms with Crippen molar-refractivity contribution in [1.29, 1.82) is 0 Å². The van der Waals surface area contributed by atoms with Crippen LogP contribution in [0, 0.1) is 0 Å². The summed E-state index contributed by atoms with van der Waals surface area (Å²) in [6, 6.07) is 20.3. The van der Waals surface area contributed by atoms with Crippen LogP contribution >= 0.6 is 0 Å². The van der Waals surface area contributed by atoms with Gasteiger partial charge in [-0.25, -0.2) is 5.43 Å². The molecule has 0 aliphatic rings. The van der Waals surface area contributed by atoms with Crippen molar-refractivity contribution < 1.29 is 9.21 Å². The predicted octanol–water partition coefficient (Wildman–Crippen LogP) is 2.75. The van der Waals surface area contributed by atoms with Crippen molar-refractivity contribution in [2.45, 2.75) is 6.54 Å². The Bertz CT molecular complexity index is 1070. The maximum atomic E-state index is 12.1. The highest BCUT2D eigenvalue weighted by Gasteiger charge is 2.07. The van der Waals surface area contributed by atoms with Gasteiger partial charge in [0, 0.05) is 11.1 Å². The minimum atomic E-state index is -0.306. The van der Waals surface area contributed by atoms with Gasteiger partial charge < -0.3 is 4.42 Å². The molecule has 0 atom stereocenters. The second-order valence-corrected chi connectivity index (χ2v) is 5.92. The lowest BCUT2D eigenvalue weighted by atomic mass is 10.1. The van der Waals surface area contributed by atoms with E-state index < -0.39 is 0 Å². The molecular formula is C20H16N6O2. The topological polar surface area (TPSA) is 98.2 Å². The van der Waals surface area contributed by atoms with Crippen molar-refractivity contribution in [2.24, 2.45) is 5.10 Å².